The summed E-state index contributed by atoms with van der Waals surface area (Å²) in [4.78, 5) is 26.5. The minimum atomic E-state index is -1.62. The van der Waals surface area contributed by atoms with Crippen molar-refractivity contribution in [3.8, 4) is 0 Å². The standard InChI is InChI=1S/C66H115NO10/c1-4-7-10-13-16-19-22-25-26-27-28-29-30-31-32-33-36-38-41-44-47-50-53-59(70)65(74)67-57(58(69)52-49-46-43-40-37-34-23-20-17-14-11-8-5-2)56-75-66-64(63(73)62(72)60(55-68)76-66)77-61(71)54-51-48-45-42-39-35-24-21-18-15-12-9-6-3/h7,10,16,19,25-26,28-29,31-32,35,39,49,52,57-60,62-64,66,68-70,72-73H,4-6,8-9,11-15,17-18,20-24,27,30,33-34,36-38,40-48,50-51,53-56H2,1-3H3,(H,67,74)/b10-7-,19-16-,26-25-,29-28-,32-31-,39-35-,52-49+. The van der Waals surface area contributed by atoms with Crippen LogP contribution < -0.4 is 5.32 Å². The van der Waals surface area contributed by atoms with Crippen molar-refractivity contribution in [2.45, 2.75) is 307 Å². The van der Waals surface area contributed by atoms with E-state index in [0.717, 1.165) is 116 Å². The molecule has 8 unspecified atom stereocenters. The summed E-state index contributed by atoms with van der Waals surface area (Å²) in [6.45, 7) is 5.65. The third kappa shape index (κ3) is 41.5. The number of carbonyl (C=O) groups excluding carboxylic acids is 2. The molecule has 1 fully saturated rings. The lowest BCUT2D eigenvalue weighted by molar-refractivity contribution is -0.305. The van der Waals surface area contributed by atoms with Crippen LogP contribution in [-0.2, 0) is 23.8 Å². The SMILES string of the molecule is CC/C=C\C/C=C\C/C=C\C/C=C\C/C=C\CCCCCCCCC(O)C(=O)NC(COC1OC(CO)C(O)C(O)C1OC(=O)CCCCC/C=C\CCCCCCCC)C(O)/C=C/CCCCCCCCCCCCC. The van der Waals surface area contributed by atoms with Gasteiger partial charge in [0.05, 0.1) is 25.4 Å². The van der Waals surface area contributed by atoms with Crippen LogP contribution in [0.1, 0.15) is 258 Å². The first kappa shape index (κ1) is 71.9. The quantitative estimate of drug-likeness (QED) is 0.0195. The van der Waals surface area contributed by atoms with Crippen molar-refractivity contribution in [2.24, 2.45) is 0 Å². The average molecular weight is 1080 g/mol. The lowest BCUT2D eigenvalue weighted by atomic mass is 9.99. The first-order valence-electron chi connectivity index (χ1n) is 31.4. The minimum Gasteiger partial charge on any atom is -0.454 e. The van der Waals surface area contributed by atoms with E-state index in [1.165, 1.54) is 96.3 Å². The molecule has 0 aromatic rings. The number of nitrogens with one attached hydrogen (secondary N) is 1. The third-order valence-corrected chi connectivity index (χ3v) is 14.3. The van der Waals surface area contributed by atoms with Gasteiger partial charge in [-0.05, 0) is 96.3 Å². The number of rotatable bonds is 52. The Hall–Kier alpha value is -3.16. The van der Waals surface area contributed by atoms with Gasteiger partial charge in [-0.2, -0.15) is 0 Å². The minimum absolute atomic E-state index is 0.0992. The molecular formula is C66H115NO10. The summed E-state index contributed by atoms with van der Waals surface area (Å²) in [6, 6.07) is -1.04. The molecule has 1 aliphatic heterocycles. The van der Waals surface area contributed by atoms with Crippen molar-refractivity contribution in [3.05, 3.63) is 85.1 Å². The molecule has 11 heteroatoms. The molecule has 1 amide bonds. The van der Waals surface area contributed by atoms with E-state index in [9.17, 15) is 35.1 Å². The number of hydrogen-bond donors (Lipinski definition) is 6. The predicted molar refractivity (Wildman–Crippen MR) is 319 cm³/mol. The maximum Gasteiger partial charge on any atom is 0.306 e. The van der Waals surface area contributed by atoms with E-state index in [2.05, 4.69) is 99.0 Å². The number of esters is 1. The second kappa shape index (κ2) is 53.5. The first-order chi connectivity index (χ1) is 37.7. The van der Waals surface area contributed by atoms with Crippen LogP contribution in [-0.4, -0.2) is 99.6 Å². The van der Waals surface area contributed by atoms with Gasteiger partial charge in [0.1, 0.15) is 24.4 Å². The molecule has 6 N–H and O–H groups in total. The largest absolute Gasteiger partial charge is 0.454 e. The average Bonchev–Trinajstić information content (AvgIpc) is 3.43. The number of amides is 1. The van der Waals surface area contributed by atoms with Crippen molar-refractivity contribution in [1.29, 1.82) is 0 Å². The van der Waals surface area contributed by atoms with E-state index < -0.39 is 67.4 Å². The molecule has 11 nitrogen and oxygen atoms in total. The van der Waals surface area contributed by atoms with Crippen molar-refractivity contribution in [3.63, 3.8) is 0 Å². The summed E-state index contributed by atoms with van der Waals surface area (Å²) in [7, 11) is 0. The van der Waals surface area contributed by atoms with E-state index in [4.69, 9.17) is 14.2 Å². The van der Waals surface area contributed by atoms with Gasteiger partial charge in [-0.1, -0.05) is 241 Å². The van der Waals surface area contributed by atoms with Crippen LogP contribution in [0.3, 0.4) is 0 Å². The van der Waals surface area contributed by atoms with Crippen LogP contribution in [0.25, 0.3) is 0 Å². The van der Waals surface area contributed by atoms with E-state index in [0.29, 0.717) is 12.8 Å². The van der Waals surface area contributed by atoms with Crippen molar-refractivity contribution in [2.75, 3.05) is 13.2 Å². The molecule has 1 saturated heterocycles. The smallest absolute Gasteiger partial charge is 0.306 e. The van der Waals surface area contributed by atoms with Gasteiger partial charge >= 0.3 is 5.97 Å². The molecular weight excluding hydrogens is 967 g/mol. The summed E-state index contributed by atoms with van der Waals surface area (Å²) in [5, 5.41) is 57.0. The van der Waals surface area contributed by atoms with Crippen molar-refractivity contribution < 1.29 is 49.3 Å². The zero-order valence-corrected chi connectivity index (χ0v) is 49.1. The van der Waals surface area contributed by atoms with Gasteiger partial charge in [0.2, 0.25) is 5.91 Å². The van der Waals surface area contributed by atoms with Gasteiger partial charge in [-0.15, -0.1) is 0 Å². The molecule has 444 valence electrons. The molecule has 1 aliphatic rings. The zero-order valence-electron chi connectivity index (χ0n) is 49.1. The molecule has 77 heavy (non-hydrogen) atoms. The Balaban J connectivity index is 2.69. The lowest BCUT2D eigenvalue weighted by Crippen LogP contribution is -2.61. The summed E-state index contributed by atoms with van der Waals surface area (Å²) in [5.41, 5.74) is 0. The maximum atomic E-state index is 13.4. The topological polar surface area (TPSA) is 175 Å². The maximum absolute atomic E-state index is 13.4. The van der Waals surface area contributed by atoms with Crippen molar-refractivity contribution >= 4 is 11.9 Å². The van der Waals surface area contributed by atoms with Gasteiger partial charge in [0.25, 0.3) is 0 Å². The first-order valence-corrected chi connectivity index (χ1v) is 31.4. The Morgan fingerprint density at radius 1 is 0.519 bits per heavy atom. The van der Waals surface area contributed by atoms with E-state index in [-0.39, 0.29) is 19.4 Å². The van der Waals surface area contributed by atoms with E-state index in [1.54, 1.807) is 6.08 Å². The molecule has 0 saturated carbocycles. The Morgan fingerprint density at radius 2 is 0.935 bits per heavy atom. The summed E-state index contributed by atoms with van der Waals surface area (Å²) < 4.78 is 17.6. The molecule has 0 spiro atoms. The summed E-state index contributed by atoms with van der Waals surface area (Å²) >= 11 is 0. The normalized spacial score (nSPS) is 19.6. The number of ether oxygens (including phenoxy) is 3. The van der Waals surface area contributed by atoms with Crippen molar-refractivity contribution in [1.82, 2.24) is 5.32 Å². The Labute approximate surface area is 470 Å². The van der Waals surface area contributed by atoms with E-state index in [1.807, 2.05) is 6.08 Å². The fourth-order valence-electron chi connectivity index (χ4n) is 9.32. The number of aliphatic hydroxyl groups excluding tert-OH is 5. The highest BCUT2D eigenvalue weighted by Gasteiger charge is 2.47. The third-order valence-electron chi connectivity index (χ3n) is 14.3. The van der Waals surface area contributed by atoms with Gasteiger partial charge < -0.3 is 45.1 Å². The Bertz CT molecular complexity index is 1570. The molecule has 1 rings (SSSR count). The molecule has 0 aromatic heterocycles. The molecule has 0 aromatic carbocycles. The van der Waals surface area contributed by atoms with Gasteiger partial charge in [-0.3, -0.25) is 9.59 Å². The number of allylic oxidation sites excluding steroid dienone is 13. The van der Waals surface area contributed by atoms with Gasteiger partial charge in [-0.25, -0.2) is 0 Å². The van der Waals surface area contributed by atoms with Crippen LogP contribution in [0, 0.1) is 0 Å². The highest BCUT2D eigenvalue weighted by Crippen LogP contribution is 2.26. The number of carbonyl (C=O) groups is 2. The number of unbranched alkanes of at least 4 members (excludes halogenated alkanes) is 26. The monoisotopic (exact) mass is 1080 g/mol. The van der Waals surface area contributed by atoms with Crippen LogP contribution in [0.5, 0.6) is 0 Å². The Kier molecular flexibility index (Phi) is 49.9. The molecule has 8 atom stereocenters. The van der Waals surface area contributed by atoms with Gasteiger partial charge in [0.15, 0.2) is 12.4 Å². The Morgan fingerprint density at radius 3 is 1.42 bits per heavy atom. The second-order valence-corrected chi connectivity index (χ2v) is 21.4. The fraction of sp³-hybridized carbons (Fsp3) is 0.758. The number of aliphatic hydroxyl groups is 5. The highest BCUT2D eigenvalue weighted by atomic mass is 16.7. The second-order valence-electron chi connectivity index (χ2n) is 21.4. The fourth-order valence-corrected chi connectivity index (χ4v) is 9.32. The predicted octanol–water partition coefficient (Wildman–Crippen LogP) is 14.9. The van der Waals surface area contributed by atoms with Gasteiger partial charge in [0, 0.05) is 6.42 Å². The molecule has 1 heterocycles. The molecule has 0 radical (unpaired) electrons. The zero-order chi connectivity index (χ0) is 56.1. The van der Waals surface area contributed by atoms with Crippen LogP contribution in [0.2, 0.25) is 0 Å². The summed E-state index contributed by atoms with van der Waals surface area (Å²) in [6.07, 6.45) is 59.0. The molecule has 0 aliphatic carbocycles. The van der Waals surface area contributed by atoms with Crippen LogP contribution in [0.4, 0.5) is 0 Å². The molecule has 0 bridgehead atoms. The van der Waals surface area contributed by atoms with E-state index >= 15 is 0 Å². The van der Waals surface area contributed by atoms with Crippen LogP contribution in [0.15, 0.2) is 85.1 Å². The number of hydrogen-bond acceptors (Lipinski definition) is 10. The summed E-state index contributed by atoms with van der Waals surface area (Å²) in [5.74, 6) is -1.22. The lowest BCUT2D eigenvalue weighted by Gasteiger charge is -2.41. The highest BCUT2D eigenvalue weighted by molar-refractivity contribution is 5.80. The van der Waals surface area contributed by atoms with Crippen LogP contribution >= 0.6 is 0 Å².